The van der Waals surface area contributed by atoms with E-state index >= 15 is 0 Å². The Morgan fingerprint density at radius 3 is 2.31 bits per heavy atom. The number of ketones is 1. The summed E-state index contributed by atoms with van der Waals surface area (Å²) in [7, 11) is 0. The lowest BCUT2D eigenvalue weighted by molar-refractivity contribution is -0.140. The van der Waals surface area contributed by atoms with Crippen LogP contribution in [0.15, 0.2) is 76.3 Å². The fourth-order valence-corrected chi connectivity index (χ4v) is 4.55. The number of para-hydroxylation sites is 1. The summed E-state index contributed by atoms with van der Waals surface area (Å²) < 4.78 is 5.79. The molecule has 5 nitrogen and oxygen atoms in total. The number of fused-ring (bicyclic) bond motifs is 4. The van der Waals surface area contributed by atoms with Gasteiger partial charge < -0.3 is 9.25 Å². The molecule has 0 N–H and O–H groups in total. The highest BCUT2D eigenvalue weighted by molar-refractivity contribution is 6.09. The van der Waals surface area contributed by atoms with Gasteiger partial charge in [-0.1, -0.05) is 61.5 Å². The van der Waals surface area contributed by atoms with Crippen molar-refractivity contribution in [3.63, 3.8) is 0 Å². The van der Waals surface area contributed by atoms with E-state index in [1.165, 1.54) is 12.5 Å². The van der Waals surface area contributed by atoms with Crippen molar-refractivity contribution in [2.24, 2.45) is 11.1 Å². The third kappa shape index (κ3) is 4.67. The molecule has 176 valence electrons. The number of hydrogen-bond acceptors (Lipinski definition) is 5. The summed E-state index contributed by atoms with van der Waals surface area (Å²) in [6, 6.07) is 21.5. The van der Waals surface area contributed by atoms with Crippen LogP contribution in [0.4, 0.5) is 0 Å². The summed E-state index contributed by atoms with van der Waals surface area (Å²) in [6.07, 6.45) is 2.41. The highest BCUT2D eigenvalue weighted by atomic mass is 16.7. The number of rotatable bonds is 7. The molecule has 0 bridgehead atoms. The molecule has 0 radical (unpaired) electrons. The number of hydrogen-bond donors (Lipinski definition) is 0. The first-order valence-electron chi connectivity index (χ1n) is 11.9. The molecule has 0 saturated heterocycles. The van der Waals surface area contributed by atoms with Crippen LogP contribution >= 0.6 is 0 Å². The number of furan rings is 1. The monoisotopic (exact) mass is 465 g/mol. The topological polar surface area (TPSA) is 68.9 Å². The minimum atomic E-state index is -0.428. The molecule has 0 atom stereocenters. The lowest BCUT2D eigenvalue weighted by Crippen LogP contribution is -2.06. The Labute approximate surface area is 204 Å². The standard InChI is InChI=1S/C30H27NO4/c1-18(2)8-13-27(31-35-19(3)32)20-9-11-25-23(14-20)16-24-15-22(10-12-26(24)25)30(33)29-17-21-6-4-5-7-28(21)34-29/h4-7,9-12,14-15,17-18H,8,13,16H2,1-3H3/b31-27+. The van der Waals surface area contributed by atoms with Crippen molar-refractivity contribution in [1.29, 1.82) is 0 Å². The zero-order valence-electron chi connectivity index (χ0n) is 20.1. The average molecular weight is 466 g/mol. The lowest BCUT2D eigenvalue weighted by Gasteiger charge is -2.10. The number of nitrogens with zero attached hydrogens (tertiary/aromatic N) is 1. The Bertz CT molecular complexity index is 1440. The normalized spacial score (nSPS) is 12.6. The van der Waals surface area contributed by atoms with Gasteiger partial charge in [0.15, 0.2) is 5.76 Å². The van der Waals surface area contributed by atoms with Crippen LogP contribution in [0.1, 0.15) is 66.4 Å². The number of benzene rings is 3. The smallest absolute Gasteiger partial charge is 0.331 e. The summed E-state index contributed by atoms with van der Waals surface area (Å²) in [5, 5.41) is 5.06. The van der Waals surface area contributed by atoms with E-state index in [0.29, 0.717) is 22.8 Å². The molecule has 0 spiro atoms. The summed E-state index contributed by atoms with van der Waals surface area (Å²) >= 11 is 0. The van der Waals surface area contributed by atoms with E-state index in [1.807, 2.05) is 48.5 Å². The molecule has 0 saturated carbocycles. The van der Waals surface area contributed by atoms with Crippen LogP contribution in [0.25, 0.3) is 22.1 Å². The average Bonchev–Trinajstić information content (AvgIpc) is 3.43. The van der Waals surface area contributed by atoms with Gasteiger partial charge in [-0.2, -0.15) is 0 Å². The number of carbonyl (C=O) groups excluding carboxylic acids is 2. The van der Waals surface area contributed by atoms with E-state index < -0.39 is 5.97 Å². The largest absolute Gasteiger partial charge is 0.453 e. The van der Waals surface area contributed by atoms with Crippen molar-refractivity contribution in [3.05, 3.63) is 94.7 Å². The minimum absolute atomic E-state index is 0.120. The molecule has 1 aromatic heterocycles. The Morgan fingerprint density at radius 2 is 1.63 bits per heavy atom. The third-order valence-electron chi connectivity index (χ3n) is 6.37. The van der Waals surface area contributed by atoms with Crippen LogP contribution in [0.3, 0.4) is 0 Å². The molecule has 4 aromatic rings. The van der Waals surface area contributed by atoms with Gasteiger partial charge in [-0.3, -0.25) is 4.79 Å². The molecule has 1 aliphatic rings. The minimum Gasteiger partial charge on any atom is -0.453 e. The Hall–Kier alpha value is -3.99. The van der Waals surface area contributed by atoms with Gasteiger partial charge in [0.25, 0.3) is 0 Å². The van der Waals surface area contributed by atoms with Crippen molar-refractivity contribution < 1.29 is 18.8 Å². The van der Waals surface area contributed by atoms with Crippen LogP contribution in [0, 0.1) is 5.92 Å². The molecule has 0 unspecified atom stereocenters. The van der Waals surface area contributed by atoms with Crippen LogP contribution in [-0.4, -0.2) is 17.5 Å². The van der Waals surface area contributed by atoms with Crippen molar-refractivity contribution in [2.45, 2.75) is 40.0 Å². The summed E-state index contributed by atoms with van der Waals surface area (Å²) in [5.74, 6) is 0.312. The molecule has 5 heteroatoms. The fourth-order valence-electron chi connectivity index (χ4n) is 4.55. The molecule has 3 aromatic carbocycles. The van der Waals surface area contributed by atoms with E-state index in [4.69, 9.17) is 9.25 Å². The van der Waals surface area contributed by atoms with Gasteiger partial charge in [-0.25, -0.2) is 4.79 Å². The maximum absolute atomic E-state index is 13.1. The molecule has 5 rings (SSSR count). The van der Waals surface area contributed by atoms with Crippen molar-refractivity contribution >= 4 is 28.4 Å². The third-order valence-corrected chi connectivity index (χ3v) is 6.37. The van der Waals surface area contributed by atoms with Crippen LogP contribution in [0.2, 0.25) is 0 Å². The van der Waals surface area contributed by atoms with Crippen LogP contribution in [-0.2, 0) is 16.1 Å². The zero-order chi connectivity index (χ0) is 24.5. The number of oxime groups is 1. The van der Waals surface area contributed by atoms with Crippen LogP contribution in [0.5, 0.6) is 0 Å². The van der Waals surface area contributed by atoms with E-state index in [2.05, 4.69) is 31.1 Å². The van der Waals surface area contributed by atoms with Gasteiger partial charge >= 0.3 is 5.97 Å². The maximum Gasteiger partial charge on any atom is 0.331 e. The van der Waals surface area contributed by atoms with E-state index in [0.717, 1.165) is 52.6 Å². The molecule has 0 amide bonds. The molecule has 35 heavy (non-hydrogen) atoms. The SMILES string of the molecule is CC(=O)O/N=C(\CCC(C)C)c1ccc2c(c1)Cc1cc(C(=O)c3cc4ccccc4o3)ccc1-2. The van der Waals surface area contributed by atoms with E-state index in [1.54, 1.807) is 6.07 Å². The molecule has 0 aliphatic heterocycles. The van der Waals surface area contributed by atoms with Crippen molar-refractivity contribution in [1.82, 2.24) is 0 Å². The predicted molar refractivity (Wildman–Crippen MR) is 137 cm³/mol. The lowest BCUT2D eigenvalue weighted by atomic mass is 9.97. The van der Waals surface area contributed by atoms with Crippen molar-refractivity contribution in [3.8, 4) is 11.1 Å². The Balaban J connectivity index is 1.42. The Morgan fingerprint density at radius 1 is 0.943 bits per heavy atom. The molecule has 1 aliphatic carbocycles. The van der Waals surface area contributed by atoms with Gasteiger partial charge in [-0.05, 0) is 77.3 Å². The van der Waals surface area contributed by atoms with Gasteiger partial charge in [0.1, 0.15) is 5.58 Å². The van der Waals surface area contributed by atoms with Crippen LogP contribution < -0.4 is 0 Å². The highest BCUT2D eigenvalue weighted by Gasteiger charge is 2.23. The fraction of sp³-hybridized carbons (Fsp3) is 0.233. The predicted octanol–water partition coefficient (Wildman–Crippen LogP) is 6.94. The van der Waals surface area contributed by atoms with Gasteiger partial charge in [0.2, 0.25) is 5.78 Å². The summed E-state index contributed by atoms with van der Waals surface area (Å²) in [6.45, 7) is 5.67. The molecular formula is C30H27NO4. The van der Waals surface area contributed by atoms with Crippen molar-refractivity contribution in [2.75, 3.05) is 0 Å². The molecular weight excluding hydrogens is 438 g/mol. The summed E-state index contributed by atoms with van der Waals surface area (Å²) in [4.78, 5) is 29.4. The van der Waals surface area contributed by atoms with Gasteiger partial charge in [0, 0.05) is 17.9 Å². The highest BCUT2D eigenvalue weighted by Crippen LogP contribution is 2.38. The second kappa shape index (κ2) is 9.34. The molecule has 1 heterocycles. The second-order valence-corrected chi connectivity index (χ2v) is 9.45. The summed E-state index contributed by atoms with van der Waals surface area (Å²) in [5.41, 5.74) is 7.62. The first-order valence-corrected chi connectivity index (χ1v) is 11.9. The Kier molecular flexibility index (Phi) is 6.08. The number of carbonyl (C=O) groups is 2. The molecule has 0 fully saturated rings. The van der Waals surface area contributed by atoms with E-state index in [9.17, 15) is 9.59 Å². The maximum atomic E-state index is 13.1. The second-order valence-electron chi connectivity index (χ2n) is 9.45. The van der Waals surface area contributed by atoms with Gasteiger partial charge in [-0.15, -0.1) is 0 Å². The first kappa shape index (κ1) is 22.8. The zero-order valence-corrected chi connectivity index (χ0v) is 20.1. The van der Waals surface area contributed by atoms with Gasteiger partial charge in [0.05, 0.1) is 5.71 Å². The quantitative estimate of drug-likeness (QED) is 0.113. The van der Waals surface area contributed by atoms with E-state index in [-0.39, 0.29) is 5.78 Å². The first-order chi connectivity index (χ1) is 16.9.